The highest BCUT2D eigenvalue weighted by Gasteiger charge is 2.18. The average Bonchev–Trinajstić information content (AvgIpc) is 2.73. The van der Waals surface area contributed by atoms with Crippen LogP contribution in [0.3, 0.4) is 0 Å². The Morgan fingerprint density at radius 1 is 0.821 bits per heavy atom. The van der Waals surface area contributed by atoms with Crippen molar-refractivity contribution in [2.24, 2.45) is 0 Å². The molecule has 0 amide bonds. The summed E-state index contributed by atoms with van der Waals surface area (Å²) in [5, 5.41) is 10.4. The van der Waals surface area contributed by atoms with Crippen LogP contribution in [0.1, 0.15) is 11.1 Å². The maximum absolute atomic E-state index is 10.4. The molecule has 0 radical (unpaired) electrons. The van der Waals surface area contributed by atoms with Crippen LogP contribution in [0.5, 0.6) is 5.75 Å². The molecule has 4 heteroatoms. The van der Waals surface area contributed by atoms with E-state index in [0.29, 0.717) is 13.2 Å². The summed E-state index contributed by atoms with van der Waals surface area (Å²) in [6, 6.07) is 26.9. The van der Waals surface area contributed by atoms with Gasteiger partial charge in [-0.1, -0.05) is 66.7 Å². The van der Waals surface area contributed by atoms with Crippen LogP contribution >= 0.6 is 12.4 Å². The van der Waals surface area contributed by atoms with Crippen LogP contribution in [-0.4, -0.2) is 35.8 Å². The summed E-state index contributed by atoms with van der Waals surface area (Å²) < 4.78 is 5.79. The van der Waals surface area contributed by atoms with E-state index in [1.54, 1.807) is 0 Å². The number of hydrogen-bond acceptors (Lipinski definition) is 3. The molecule has 1 aliphatic heterocycles. The number of benzene rings is 3. The van der Waals surface area contributed by atoms with E-state index in [9.17, 15) is 5.11 Å². The Morgan fingerprint density at radius 2 is 1.46 bits per heavy atom. The van der Waals surface area contributed by atoms with Gasteiger partial charge < -0.3 is 9.84 Å². The topological polar surface area (TPSA) is 32.7 Å². The third-order valence-corrected chi connectivity index (χ3v) is 5.08. The van der Waals surface area contributed by atoms with Crippen LogP contribution in [0.4, 0.5) is 0 Å². The largest absolute Gasteiger partial charge is 0.491 e. The van der Waals surface area contributed by atoms with Gasteiger partial charge in [-0.15, -0.1) is 12.4 Å². The zero-order valence-electron chi connectivity index (χ0n) is 15.8. The fourth-order valence-electron chi connectivity index (χ4n) is 3.63. The number of hydrogen-bond donors (Lipinski definition) is 1. The van der Waals surface area contributed by atoms with Gasteiger partial charge in [0.1, 0.15) is 18.5 Å². The number of fused-ring (bicyclic) bond motifs is 1. The Hall–Kier alpha value is -2.33. The van der Waals surface area contributed by atoms with Gasteiger partial charge in [0, 0.05) is 19.6 Å². The number of ether oxygens (including phenoxy) is 1. The van der Waals surface area contributed by atoms with Crippen LogP contribution < -0.4 is 4.74 Å². The molecule has 0 aliphatic carbocycles. The van der Waals surface area contributed by atoms with Crippen molar-refractivity contribution >= 4 is 12.4 Å². The lowest BCUT2D eigenvalue weighted by molar-refractivity contribution is 0.0638. The molecule has 0 saturated carbocycles. The number of β-amino-alcohol motifs (C(OH)–C–C–N with tert-alkyl or cyclic N) is 1. The number of aliphatic hydroxyl groups excluding tert-OH is 1. The van der Waals surface area contributed by atoms with Crippen molar-refractivity contribution in [2.45, 2.75) is 19.1 Å². The lowest BCUT2D eigenvalue weighted by Gasteiger charge is -2.30. The summed E-state index contributed by atoms with van der Waals surface area (Å²) >= 11 is 0. The Labute approximate surface area is 173 Å². The van der Waals surface area contributed by atoms with E-state index in [0.717, 1.165) is 30.8 Å². The van der Waals surface area contributed by atoms with Gasteiger partial charge in [0.15, 0.2) is 0 Å². The average molecular weight is 396 g/mol. The molecule has 3 nitrogen and oxygen atoms in total. The highest BCUT2D eigenvalue weighted by Crippen LogP contribution is 2.22. The Bertz CT molecular complexity index is 867. The fourth-order valence-corrected chi connectivity index (χ4v) is 3.63. The minimum atomic E-state index is -0.496. The van der Waals surface area contributed by atoms with E-state index in [2.05, 4.69) is 53.4 Å². The molecule has 1 atom stereocenters. The van der Waals surface area contributed by atoms with E-state index in [1.165, 1.54) is 16.7 Å². The molecule has 28 heavy (non-hydrogen) atoms. The Kier molecular flexibility index (Phi) is 7.10. The van der Waals surface area contributed by atoms with Crippen molar-refractivity contribution in [1.29, 1.82) is 0 Å². The molecule has 0 bridgehead atoms. The minimum absolute atomic E-state index is 0. The number of rotatable bonds is 6. The summed E-state index contributed by atoms with van der Waals surface area (Å²) in [5.74, 6) is 0.790. The third kappa shape index (κ3) is 5.14. The second-order valence-corrected chi connectivity index (χ2v) is 7.11. The van der Waals surface area contributed by atoms with Crippen LogP contribution in [0, 0.1) is 0 Å². The van der Waals surface area contributed by atoms with Gasteiger partial charge in [-0.25, -0.2) is 0 Å². The maximum atomic E-state index is 10.4. The van der Waals surface area contributed by atoms with E-state index in [4.69, 9.17) is 4.74 Å². The first-order valence-corrected chi connectivity index (χ1v) is 9.53. The molecule has 1 aliphatic rings. The van der Waals surface area contributed by atoms with Crippen LogP contribution in [0.15, 0.2) is 78.9 Å². The molecule has 3 aromatic rings. The lowest BCUT2D eigenvalue weighted by Crippen LogP contribution is -2.38. The SMILES string of the molecule is Cl.OC(COc1ccc(-c2ccccc2)cc1)CN1CCc2ccccc2C1. The van der Waals surface area contributed by atoms with Gasteiger partial charge in [-0.3, -0.25) is 4.90 Å². The summed E-state index contributed by atoms with van der Waals surface area (Å²) in [6.45, 7) is 2.83. The Balaban J connectivity index is 0.00000225. The standard InChI is InChI=1S/C24H25NO2.ClH/c26-23(17-25-15-14-20-8-4-5-9-22(20)16-25)18-27-24-12-10-21(11-13-24)19-6-2-1-3-7-19;/h1-13,23,26H,14-18H2;1H. The van der Waals surface area contributed by atoms with Gasteiger partial charge in [0.25, 0.3) is 0 Å². The molecule has 0 spiro atoms. The molecule has 1 heterocycles. The highest BCUT2D eigenvalue weighted by molar-refractivity contribution is 5.85. The van der Waals surface area contributed by atoms with E-state index >= 15 is 0 Å². The first-order chi connectivity index (χ1) is 13.3. The molecular weight excluding hydrogens is 370 g/mol. The van der Waals surface area contributed by atoms with E-state index < -0.39 is 6.10 Å². The molecule has 0 fully saturated rings. The minimum Gasteiger partial charge on any atom is -0.491 e. The van der Waals surface area contributed by atoms with Gasteiger partial charge in [-0.2, -0.15) is 0 Å². The predicted octanol–water partition coefficient (Wildman–Crippen LogP) is 4.57. The summed E-state index contributed by atoms with van der Waals surface area (Å²) in [6.07, 6.45) is 0.550. The Morgan fingerprint density at radius 3 is 2.21 bits per heavy atom. The zero-order chi connectivity index (χ0) is 18.5. The predicted molar refractivity (Wildman–Crippen MR) is 116 cm³/mol. The van der Waals surface area contributed by atoms with Gasteiger partial charge in [-0.05, 0) is 40.8 Å². The molecule has 1 unspecified atom stereocenters. The second kappa shape index (κ2) is 9.74. The number of nitrogens with zero attached hydrogens (tertiary/aromatic N) is 1. The summed E-state index contributed by atoms with van der Waals surface area (Å²) in [5.41, 5.74) is 5.15. The zero-order valence-corrected chi connectivity index (χ0v) is 16.6. The summed E-state index contributed by atoms with van der Waals surface area (Å²) in [7, 11) is 0. The first kappa shape index (κ1) is 20.4. The van der Waals surface area contributed by atoms with Gasteiger partial charge >= 0.3 is 0 Å². The fraction of sp³-hybridized carbons (Fsp3) is 0.250. The molecule has 1 N–H and O–H groups in total. The quantitative estimate of drug-likeness (QED) is 0.663. The molecule has 4 rings (SSSR count). The molecular formula is C24H26ClNO2. The first-order valence-electron chi connectivity index (χ1n) is 9.53. The number of aliphatic hydroxyl groups is 1. The van der Waals surface area contributed by atoms with E-state index in [1.807, 2.05) is 30.3 Å². The van der Waals surface area contributed by atoms with Crippen molar-refractivity contribution in [2.75, 3.05) is 19.7 Å². The van der Waals surface area contributed by atoms with Crippen molar-refractivity contribution < 1.29 is 9.84 Å². The molecule has 0 aromatic heterocycles. The lowest BCUT2D eigenvalue weighted by atomic mass is 10.00. The number of halogens is 1. The van der Waals surface area contributed by atoms with Crippen LogP contribution in [0.2, 0.25) is 0 Å². The smallest absolute Gasteiger partial charge is 0.119 e. The molecule has 0 saturated heterocycles. The molecule has 146 valence electrons. The van der Waals surface area contributed by atoms with Crippen molar-refractivity contribution in [3.63, 3.8) is 0 Å². The second-order valence-electron chi connectivity index (χ2n) is 7.11. The molecule has 3 aromatic carbocycles. The third-order valence-electron chi connectivity index (χ3n) is 5.08. The van der Waals surface area contributed by atoms with E-state index in [-0.39, 0.29) is 12.4 Å². The summed E-state index contributed by atoms with van der Waals surface area (Å²) in [4.78, 5) is 2.30. The van der Waals surface area contributed by atoms with Crippen LogP contribution in [0.25, 0.3) is 11.1 Å². The monoisotopic (exact) mass is 395 g/mol. The highest BCUT2D eigenvalue weighted by atomic mass is 35.5. The normalized spacial score (nSPS) is 14.6. The van der Waals surface area contributed by atoms with Crippen molar-refractivity contribution in [3.05, 3.63) is 90.0 Å². The van der Waals surface area contributed by atoms with Gasteiger partial charge in [0.2, 0.25) is 0 Å². The van der Waals surface area contributed by atoms with Crippen LogP contribution in [-0.2, 0) is 13.0 Å². The van der Waals surface area contributed by atoms with Gasteiger partial charge in [0.05, 0.1) is 0 Å². The van der Waals surface area contributed by atoms with Crippen molar-refractivity contribution in [1.82, 2.24) is 4.90 Å². The van der Waals surface area contributed by atoms with Crippen molar-refractivity contribution in [3.8, 4) is 16.9 Å². The maximum Gasteiger partial charge on any atom is 0.119 e.